The first-order chi connectivity index (χ1) is 18.2. The van der Waals surface area contributed by atoms with E-state index in [-0.39, 0.29) is 0 Å². The summed E-state index contributed by atoms with van der Waals surface area (Å²) in [6.45, 7) is 5.00. The minimum absolute atomic E-state index is 0.399. The van der Waals surface area contributed by atoms with Gasteiger partial charge in [0, 0.05) is 44.8 Å². The van der Waals surface area contributed by atoms with Crippen molar-refractivity contribution in [2.45, 2.75) is 25.5 Å². The molecule has 1 atom stereocenters. The lowest BCUT2D eigenvalue weighted by Gasteiger charge is -2.37. The molecule has 7 heteroatoms. The number of hydrogen-bond acceptors (Lipinski definition) is 6. The Balaban J connectivity index is 1.00. The second-order valence-corrected chi connectivity index (χ2v) is 9.97. The van der Waals surface area contributed by atoms with Crippen molar-refractivity contribution in [1.29, 1.82) is 0 Å². The van der Waals surface area contributed by atoms with E-state index < -0.39 is 6.10 Å². The molecule has 7 nitrogen and oxygen atoms in total. The van der Waals surface area contributed by atoms with E-state index >= 15 is 0 Å². The standard InChI is InChI=1S/C30H33N5O2/c1-37-30-9-5-4-8-29(30)34-16-14-33(15-17-34)20-25(36)12-13-35-21-28(31-32-35)23-10-11-27-24(19-23)18-22-6-2-3-7-26(22)27/h2-11,19,21,25,36H,12-18,20H2,1H3. The number of rotatable bonds is 8. The molecule has 1 N–H and O–H groups in total. The molecular formula is C30H33N5O2. The molecule has 1 aliphatic carbocycles. The van der Waals surface area contributed by atoms with Crippen molar-refractivity contribution in [2.24, 2.45) is 0 Å². The van der Waals surface area contributed by atoms with Gasteiger partial charge >= 0.3 is 0 Å². The Kier molecular flexibility index (Phi) is 6.64. The molecule has 0 saturated carbocycles. The third-order valence-corrected chi connectivity index (χ3v) is 7.59. The highest BCUT2D eigenvalue weighted by molar-refractivity contribution is 5.79. The Morgan fingerprint density at radius 1 is 0.919 bits per heavy atom. The monoisotopic (exact) mass is 495 g/mol. The average Bonchev–Trinajstić information content (AvgIpc) is 3.57. The van der Waals surface area contributed by atoms with Gasteiger partial charge in [-0.3, -0.25) is 9.58 Å². The van der Waals surface area contributed by atoms with Crippen LogP contribution in [0.15, 0.2) is 72.9 Å². The molecule has 2 aliphatic rings. The summed E-state index contributed by atoms with van der Waals surface area (Å²) in [5, 5.41) is 19.4. The normalized spacial score (nSPS) is 15.9. The summed E-state index contributed by atoms with van der Waals surface area (Å²) in [5.74, 6) is 0.910. The van der Waals surface area contributed by atoms with Gasteiger partial charge in [-0.2, -0.15) is 0 Å². The molecule has 0 radical (unpaired) electrons. The third kappa shape index (κ3) is 4.97. The predicted molar refractivity (Wildman–Crippen MR) is 146 cm³/mol. The summed E-state index contributed by atoms with van der Waals surface area (Å²) in [6, 6.07) is 23.3. The maximum absolute atomic E-state index is 10.7. The van der Waals surface area contributed by atoms with Crippen molar-refractivity contribution in [3.05, 3.63) is 84.1 Å². The number of piperazine rings is 1. The number of anilines is 1. The molecule has 0 amide bonds. The van der Waals surface area contributed by atoms with Crippen LogP contribution in [-0.2, 0) is 13.0 Å². The Labute approximate surface area is 217 Å². The molecular weight excluding hydrogens is 462 g/mol. The van der Waals surface area contributed by atoms with Gasteiger partial charge in [-0.15, -0.1) is 5.10 Å². The number of β-amino-alcohol motifs (C(OH)–C–C–N with tert-alkyl or cyclic N) is 1. The van der Waals surface area contributed by atoms with Gasteiger partial charge < -0.3 is 14.7 Å². The Hall–Kier alpha value is -3.68. The number of methoxy groups -OCH3 is 1. The summed E-state index contributed by atoms with van der Waals surface area (Å²) in [4.78, 5) is 4.70. The zero-order chi connectivity index (χ0) is 25.2. The molecule has 1 fully saturated rings. The largest absolute Gasteiger partial charge is 0.495 e. The van der Waals surface area contributed by atoms with Crippen LogP contribution < -0.4 is 9.64 Å². The number of aliphatic hydroxyl groups is 1. The molecule has 1 aliphatic heterocycles. The number of nitrogens with zero attached hydrogens (tertiary/aromatic N) is 5. The number of aromatic nitrogens is 3. The maximum Gasteiger partial charge on any atom is 0.142 e. The Morgan fingerprint density at radius 2 is 1.70 bits per heavy atom. The summed E-state index contributed by atoms with van der Waals surface area (Å²) in [6.07, 6.45) is 3.20. The number of fused-ring (bicyclic) bond motifs is 3. The molecule has 1 unspecified atom stereocenters. The van der Waals surface area contributed by atoms with Crippen LogP contribution in [-0.4, -0.2) is 70.9 Å². The van der Waals surface area contributed by atoms with E-state index in [0.717, 1.165) is 55.3 Å². The summed E-state index contributed by atoms with van der Waals surface area (Å²) in [7, 11) is 1.72. The Morgan fingerprint density at radius 3 is 2.57 bits per heavy atom. The number of aryl methyl sites for hydroxylation is 1. The zero-order valence-corrected chi connectivity index (χ0v) is 21.3. The summed E-state index contributed by atoms with van der Waals surface area (Å²) < 4.78 is 7.37. The van der Waals surface area contributed by atoms with Crippen molar-refractivity contribution >= 4 is 5.69 Å². The number of para-hydroxylation sites is 2. The van der Waals surface area contributed by atoms with E-state index in [2.05, 4.69) is 68.6 Å². The smallest absolute Gasteiger partial charge is 0.142 e. The van der Waals surface area contributed by atoms with Gasteiger partial charge in [0.15, 0.2) is 0 Å². The first-order valence-electron chi connectivity index (χ1n) is 13.1. The van der Waals surface area contributed by atoms with Crippen molar-refractivity contribution in [1.82, 2.24) is 19.9 Å². The molecule has 0 spiro atoms. The average molecular weight is 496 g/mol. The van der Waals surface area contributed by atoms with Crippen LogP contribution in [0.4, 0.5) is 5.69 Å². The Bertz CT molecular complexity index is 1380. The number of aliphatic hydroxyl groups excluding tert-OH is 1. The fourth-order valence-corrected chi connectivity index (χ4v) is 5.58. The molecule has 4 aromatic rings. The van der Waals surface area contributed by atoms with Crippen LogP contribution in [0.1, 0.15) is 17.5 Å². The van der Waals surface area contributed by atoms with Gasteiger partial charge in [-0.05, 0) is 53.3 Å². The molecule has 0 bridgehead atoms. The van der Waals surface area contributed by atoms with E-state index in [1.807, 2.05) is 29.1 Å². The van der Waals surface area contributed by atoms with E-state index in [1.165, 1.54) is 22.3 Å². The third-order valence-electron chi connectivity index (χ3n) is 7.59. The van der Waals surface area contributed by atoms with Crippen molar-refractivity contribution in [3.8, 4) is 28.1 Å². The lowest BCUT2D eigenvalue weighted by Crippen LogP contribution is -2.48. The fourth-order valence-electron chi connectivity index (χ4n) is 5.58. The van der Waals surface area contributed by atoms with Crippen molar-refractivity contribution < 1.29 is 9.84 Å². The van der Waals surface area contributed by atoms with Crippen molar-refractivity contribution in [3.63, 3.8) is 0 Å². The highest BCUT2D eigenvalue weighted by atomic mass is 16.5. The second-order valence-electron chi connectivity index (χ2n) is 9.97. The predicted octanol–water partition coefficient (Wildman–Crippen LogP) is 4.10. The van der Waals surface area contributed by atoms with Gasteiger partial charge in [-0.1, -0.05) is 53.7 Å². The van der Waals surface area contributed by atoms with Crippen LogP contribution in [0, 0.1) is 0 Å². The van der Waals surface area contributed by atoms with Crippen LogP contribution in [0.5, 0.6) is 5.75 Å². The minimum atomic E-state index is -0.399. The lowest BCUT2D eigenvalue weighted by atomic mass is 10.0. The summed E-state index contributed by atoms with van der Waals surface area (Å²) in [5.41, 5.74) is 8.48. The van der Waals surface area contributed by atoms with Gasteiger partial charge in [0.25, 0.3) is 0 Å². The topological polar surface area (TPSA) is 66.7 Å². The van der Waals surface area contributed by atoms with Gasteiger partial charge in [0.1, 0.15) is 11.4 Å². The van der Waals surface area contributed by atoms with Gasteiger partial charge in [0.2, 0.25) is 0 Å². The second kappa shape index (κ2) is 10.4. The van der Waals surface area contributed by atoms with Crippen molar-refractivity contribution in [2.75, 3.05) is 44.7 Å². The van der Waals surface area contributed by atoms with Crippen LogP contribution in [0.25, 0.3) is 22.4 Å². The lowest BCUT2D eigenvalue weighted by molar-refractivity contribution is 0.0972. The molecule has 3 aromatic carbocycles. The van der Waals surface area contributed by atoms with Gasteiger partial charge in [0.05, 0.1) is 25.1 Å². The molecule has 1 saturated heterocycles. The fraction of sp³-hybridized carbons (Fsp3) is 0.333. The first kappa shape index (κ1) is 23.7. The highest BCUT2D eigenvalue weighted by Crippen LogP contribution is 2.38. The van der Waals surface area contributed by atoms with Crippen LogP contribution >= 0.6 is 0 Å². The number of ether oxygens (including phenoxy) is 1. The maximum atomic E-state index is 10.7. The van der Waals surface area contributed by atoms with Crippen LogP contribution in [0.2, 0.25) is 0 Å². The van der Waals surface area contributed by atoms with E-state index in [4.69, 9.17) is 4.74 Å². The van der Waals surface area contributed by atoms with Gasteiger partial charge in [-0.25, -0.2) is 0 Å². The first-order valence-corrected chi connectivity index (χ1v) is 13.1. The SMILES string of the molecule is COc1ccccc1N1CCN(CC(O)CCn2cc(-c3ccc4c(c3)Cc3ccccc3-4)nn2)CC1. The van der Waals surface area contributed by atoms with E-state index in [9.17, 15) is 5.11 Å². The zero-order valence-electron chi connectivity index (χ0n) is 21.3. The molecule has 37 heavy (non-hydrogen) atoms. The molecule has 6 rings (SSSR count). The highest BCUT2D eigenvalue weighted by Gasteiger charge is 2.22. The summed E-state index contributed by atoms with van der Waals surface area (Å²) >= 11 is 0. The number of benzene rings is 3. The molecule has 190 valence electrons. The molecule has 1 aromatic heterocycles. The van der Waals surface area contributed by atoms with Crippen LogP contribution in [0.3, 0.4) is 0 Å². The quantitative estimate of drug-likeness (QED) is 0.350. The van der Waals surface area contributed by atoms with E-state index in [0.29, 0.717) is 19.5 Å². The van der Waals surface area contributed by atoms with E-state index in [1.54, 1.807) is 7.11 Å². The number of hydrogen-bond donors (Lipinski definition) is 1. The minimum Gasteiger partial charge on any atom is -0.495 e. The molecule has 2 heterocycles.